The summed E-state index contributed by atoms with van der Waals surface area (Å²) in [6.07, 6.45) is 5.49. The first kappa shape index (κ1) is 26.5. The minimum Gasteiger partial charge on any atom is -0.493 e. The molecule has 198 valence electrons. The molecule has 1 aliphatic carbocycles. The number of hydrogen-bond acceptors (Lipinski definition) is 6. The lowest BCUT2D eigenvalue weighted by molar-refractivity contribution is -0.117. The first-order valence-corrected chi connectivity index (χ1v) is 12.9. The number of carbonyl (C=O) groups excluding carboxylic acids is 3. The number of methoxy groups -OCH3 is 2. The van der Waals surface area contributed by atoms with Crippen molar-refractivity contribution < 1.29 is 23.9 Å². The number of piperazine rings is 1. The van der Waals surface area contributed by atoms with Gasteiger partial charge in [0.2, 0.25) is 5.91 Å². The van der Waals surface area contributed by atoms with E-state index in [0.717, 1.165) is 25.7 Å². The summed E-state index contributed by atoms with van der Waals surface area (Å²) in [4.78, 5) is 42.5. The van der Waals surface area contributed by atoms with Crippen molar-refractivity contribution >= 4 is 23.4 Å². The molecule has 1 saturated heterocycles. The van der Waals surface area contributed by atoms with Gasteiger partial charge >= 0.3 is 0 Å². The predicted octanol–water partition coefficient (Wildman–Crippen LogP) is 3.16. The average Bonchev–Trinajstić information content (AvgIpc) is 2.93. The first-order chi connectivity index (χ1) is 18.0. The van der Waals surface area contributed by atoms with E-state index in [1.165, 1.54) is 13.5 Å². The topological polar surface area (TPSA) is 100 Å². The van der Waals surface area contributed by atoms with Gasteiger partial charge in [0, 0.05) is 37.8 Å². The van der Waals surface area contributed by atoms with Gasteiger partial charge in [-0.1, -0.05) is 31.4 Å². The van der Waals surface area contributed by atoms with Gasteiger partial charge < -0.3 is 25.0 Å². The van der Waals surface area contributed by atoms with Crippen LogP contribution in [0.5, 0.6) is 11.5 Å². The second-order valence-corrected chi connectivity index (χ2v) is 9.54. The van der Waals surface area contributed by atoms with Crippen LogP contribution in [0.3, 0.4) is 0 Å². The van der Waals surface area contributed by atoms with Gasteiger partial charge in [-0.15, -0.1) is 0 Å². The summed E-state index contributed by atoms with van der Waals surface area (Å²) >= 11 is 0. The molecule has 2 fully saturated rings. The number of nitrogens with zero attached hydrogens (tertiary/aromatic N) is 2. The third-order valence-corrected chi connectivity index (χ3v) is 7.04. The molecule has 4 rings (SSSR count). The fourth-order valence-corrected chi connectivity index (χ4v) is 4.95. The molecule has 1 heterocycles. The molecule has 37 heavy (non-hydrogen) atoms. The van der Waals surface area contributed by atoms with E-state index in [1.807, 2.05) is 11.0 Å². The molecule has 0 atom stereocenters. The number of hydrogen-bond donors (Lipinski definition) is 2. The third kappa shape index (κ3) is 6.80. The van der Waals surface area contributed by atoms with Crippen LogP contribution in [-0.2, 0) is 4.79 Å². The van der Waals surface area contributed by atoms with Crippen LogP contribution < -0.4 is 20.1 Å². The average molecular weight is 509 g/mol. The molecule has 2 aromatic carbocycles. The van der Waals surface area contributed by atoms with E-state index in [2.05, 4.69) is 10.6 Å². The highest BCUT2D eigenvalue weighted by atomic mass is 16.5. The maximum absolute atomic E-state index is 13.0. The SMILES string of the molecule is COc1ccc(C(=O)N2CCN(CC(=O)Nc3ccccc3C(=O)NC3CCCCC3)CC2)cc1OC. The van der Waals surface area contributed by atoms with Crippen LogP contribution >= 0.6 is 0 Å². The minimum atomic E-state index is -0.183. The van der Waals surface area contributed by atoms with Gasteiger partial charge in [0.25, 0.3) is 11.8 Å². The summed E-state index contributed by atoms with van der Waals surface area (Å²) in [5, 5.41) is 6.03. The second kappa shape index (κ2) is 12.6. The molecule has 9 nitrogen and oxygen atoms in total. The summed E-state index contributed by atoms with van der Waals surface area (Å²) in [6.45, 7) is 2.38. The van der Waals surface area contributed by atoms with E-state index in [0.29, 0.717) is 54.5 Å². The molecule has 2 N–H and O–H groups in total. The Morgan fingerprint density at radius 2 is 1.59 bits per heavy atom. The fourth-order valence-electron chi connectivity index (χ4n) is 4.95. The zero-order valence-corrected chi connectivity index (χ0v) is 21.6. The summed E-state index contributed by atoms with van der Waals surface area (Å²) < 4.78 is 10.6. The van der Waals surface area contributed by atoms with Crippen LogP contribution in [0.4, 0.5) is 5.69 Å². The van der Waals surface area contributed by atoms with E-state index >= 15 is 0 Å². The molecule has 3 amide bonds. The van der Waals surface area contributed by atoms with Gasteiger partial charge in [0.15, 0.2) is 11.5 Å². The maximum Gasteiger partial charge on any atom is 0.254 e. The summed E-state index contributed by atoms with van der Waals surface area (Å²) in [5.41, 5.74) is 1.53. The van der Waals surface area contributed by atoms with E-state index in [4.69, 9.17) is 9.47 Å². The van der Waals surface area contributed by atoms with Crippen LogP contribution in [0.2, 0.25) is 0 Å². The first-order valence-electron chi connectivity index (χ1n) is 12.9. The second-order valence-electron chi connectivity index (χ2n) is 9.54. The monoisotopic (exact) mass is 508 g/mol. The fraction of sp³-hybridized carbons (Fsp3) is 0.464. The van der Waals surface area contributed by atoms with Crippen molar-refractivity contribution in [1.29, 1.82) is 0 Å². The Balaban J connectivity index is 1.29. The van der Waals surface area contributed by atoms with E-state index < -0.39 is 0 Å². The number of amides is 3. The lowest BCUT2D eigenvalue weighted by Crippen LogP contribution is -2.50. The lowest BCUT2D eigenvalue weighted by Gasteiger charge is -2.34. The molecule has 0 unspecified atom stereocenters. The largest absolute Gasteiger partial charge is 0.493 e. The molecule has 1 saturated carbocycles. The molecular weight excluding hydrogens is 472 g/mol. The summed E-state index contributed by atoms with van der Waals surface area (Å²) in [5.74, 6) is 0.671. The van der Waals surface area contributed by atoms with Crippen molar-refractivity contribution in [2.75, 3.05) is 52.3 Å². The van der Waals surface area contributed by atoms with Crippen LogP contribution in [0.1, 0.15) is 52.8 Å². The van der Waals surface area contributed by atoms with Gasteiger partial charge in [-0.25, -0.2) is 0 Å². The van der Waals surface area contributed by atoms with Gasteiger partial charge in [-0.3, -0.25) is 19.3 Å². The zero-order chi connectivity index (χ0) is 26.2. The van der Waals surface area contributed by atoms with Crippen molar-refractivity contribution in [1.82, 2.24) is 15.1 Å². The molecule has 0 bridgehead atoms. The highest BCUT2D eigenvalue weighted by Crippen LogP contribution is 2.28. The number of anilines is 1. The highest BCUT2D eigenvalue weighted by Gasteiger charge is 2.25. The van der Waals surface area contributed by atoms with Crippen LogP contribution in [-0.4, -0.2) is 80.5 Å². The number of nitrogens with one attached hydrogen (secondary N) is 2. The Hall–Kier alpha value is -3.59. The normalized spacial score (nSPS) is 16.6. The standard InChI is InChI=1S/C28H36N4O5/c1-36-24-13-12-20(18-25(24)37-2)28(35)32-16-14-31(15-17-32)19-26(33)30-23-11-7-6-10-22(23)27(34)29-21-8-4-3-5-9-21/h6-7,10-13,18,21H,3-5,8-9,14-17,19H2,1-2H3,(H,29,34)(H,30,33). The van der Waals surface area contributed by atoms with E-state index in [1.54, 1.807) is 48.4 Å². The molecule has 0 radical (unpaired) electrons. The van der Waals surface area contributed by atoms with Crippen molar-refractivity contribution in [2.24, 2.45) is 0 Å². The van der Waals surface area contributed by atoms with Crippen molar-refractivity contribution in [3.63, 3.8) is 0 Å². The van der Waals surface area contributed by atoms with E-state index in [-0.39, 0.29) is 30.3 Å². The molecule has 0 spiro atoms. The molecule has 0 aromatic heterocycles. The van der Waals surface area contributed by atoms with Crippen LogP contribution in [0.25, 0.3) is 0 Å². The minimum absolute atomic E-state index is 0.0806. The van der Waals surface area contributed by atoms with Crippen molar-refractivity contribution in [3.8, 4) is 11.5 Å². The lowest BCUT2D eigenvalue weighted by atomic mass is 9.95. The molecular formula is C28H36N4O5. The number of ether oxygens (including phenoxy) is 2. The quantitative estimate of drug-likeness (QED) is 0.568. The maximum atomic E-state index is 13.0. The predicted molar refractivity (Wildman–Crippen MR) is 141 cm³/mol. The van der Waals surface area contributed by atoms with E-state index in [9.17, 15) is 14.4 Å². The molecule has 9 heteroatoms. The summed E-state index contributed by atoms with van der Waals surface area (Å²) in [7, 11) is 3.09. The number of rotatable bonds is 8. The van der Waals surface area contributed by atoms with Crippen LogP contribution in [0.15, 0.2) is 42.5 Å². The van der Waals surface area contributed by atoms with Gasteiger partial charge in [-0.05, 0) is 43.2 Å². The smallest absolute Gasteiger partial charge is 0.254 e. The van der Waals surface area contributed by atoms with Crippen LogP contribution in [0, 0.1) is 0 Å². The van der Waals surface area contributed by atoms with Gasteiger partial charge in [0.05, 0.1) is 32.0 Å². The third-order valence-electron chi connectivity index (χ3n) is 7.04. The molecule has 1 aliphatic heterocycles. The summed E-state index contributed by atoms with van der Waals surface area (Å²) in [6, 6.07) is 12.4. The number of para-hydroxylation sites is 1. The Kier molecular flexibility index (Phi) is 9.00. The van der Waals surface area contributed by atoms with Crippen molar-refractivity contribution in [3.05, 3.63) is 53.6 Å². The van der Waals surface area contributed by atoms with Crippen molar-refractivity contribution in [2.45, 2.75) is 38.1 Å². The Labute approximate surface area is 218 Å². The Morgan fingerprint density at radius 3 is 2.30 bits per heavy atom. The van der Waals surface area contributed by atoms with Gasteiger partial charge in [-0.2, -0.15) is 0 Å². The molecule has 2 aromatic rings. The number of carbonyl (C=O) groups is 3. The molecule has 2 aliphatic rings. The Bertz CT molecular complexity index is 1110. The highest BCUT2D eigenvalue weighted by molar-refractivity contribution is 6.04. The zero-order valence-electron chi connectivity index (χ0n) is 21.6. The number of benzene rings is 2. The Morgan fingerprint density at radius 1 is 0.892 bits per heavy atom. The van der Waals surface area contributed by atoms with Gasteiger partial charge in [0.1, 0.15) is 0 Å².